The molecular formula is C23H26N2O3. The second-order valence-electron chi connectivity index (χ2n) is 7.77. The molecule has 0 radical (unpaired) electrons. The number of aromatic nitrogens is 1. The number of ether oxygens (including phenoxy) is 1. The number of benzene rings is 1. The summed E-state index contributed by atoms with van der Waals surface area (Å²) in [6, 6.07) is 12.0. The van der Waals surface area contributed by atoms with E-state index in [9.17, 15) is 9.59 Å². The number of rotatable bonds is 7. The Balaban J connectivity index is 1.47. The Hall–Kier alpha value is -2.82. The van der Waals surface area contributed by atoms with E-state index >= 15 is 0 Å². The van der Waals surface area contributed by atoms with Crippen molar-refractivity contribution in [2.45, 2.75) is 57.7 Å². The highest BCUT2D eigenvalue weighted by molar-refractivity contribution is 5.91. The van der Waals surface area contributed by atoms with Crippen LogP contribution in [0.3, 0.4) is 0 Å². The lowest BCUT2D eigenvalue weighted by Crippen LogP contribution is -2.33. The number of hydrogen-bond acceptors (Lipinski definition) is 3. The van der Waals surface area contributed by atoms with Gasteiger partial charge in [-0.3, -0.25) is 4.79 Å². The standard InChI is InChI=1S/C23H26N2O3/c1-15-14-18(16(2)25(15)20-11-12-20)8-13-21(26)28-22(17-6-4-3-5-7-17)23(27)24-19-9-10-19/h3-8,13-14,19-20,22H,9-12H2,1-2H3,(H,24,27)/b13-8+/t22-/m1/s1. The van der Waals surface area contributed by atoms with Gasteiger partial charge in [0.2, 0.25) is 6.10 Å². The maximum absolute atomic E-state index is 12.6. The molecule has 2 aliphatic carbocycles. The van der Waals surface area contributed by atoms with E-state index in [2.05, 4.69) is 29.8 Å². The monoisotopic (exact) mass is 378 g/mol. The second-order valence-corrected chi connectivity index (χ2v) is 7.77. The van der Waals surface area contributed by atoms with Gasteiger partial charge in [-0.1, -0.05) is 30.3 Å². The first kappa shape index (κ1) is 18.5. The zero-order chi connectivity index (χ0) is 19.7. The lowest BCUT2D eigenvalue weighted by atomic mass is 10.1. The van der Waals surface area contributed by atoms with Crippen molar-refractivity contribution in [3.05, 3.63) is 65.0 Å². The van der Waals surface area contributed by atoms with Crippen LogP contribution in [-0.2, 0) is 14.3 Å². The molecule has 5 heteroatoms. The summed E-state index contributed by atoms with van der Waals surface area (Å²) in [6.45, 7) is 4.17. The molecule has 1 heterocycles. The molecule has 5 nitrogen and oxygen atoms in total. The molecule has 1 amide bonds. The molecule has 1 aromatic carbocycles. The summed E-state index contributed by atoms with van der Waals surface area (Å²) in [5, 5.41) is 2.93. The summed E-state index contributed by atoms with van der Waals surface area (Å²) >= 11 is 0. The molecular weight excluding hydrogens is 352 g/mol. The number of carbonyl (C=O) groups excluding carboxylic acids is 2. The largest absolute Gasteiger partial charge is 0.444 e. The average Bonchev–Trinajstić information content (AvgIpc) is 3.60. The van der Waals surface area contributed by atoms with Crippen molar-refractivity contribution in [3.8, 4) is 0 Å². The Morgan fingerprint density at radius 2 is 1.86 bits per heavy atom. The summed E-state index contributed by atoms with van der Waals surface area (Å²) in [4.78, 5) is 25.0. The highest BCUT2D eigenvalue weighted by Crippen LogP contribution is 2.38. The van der Waals surface area contributed by atoms with E-state index in [1.165, 1.54) is 24.6 Å². The number of amides is 1. The van der Waals surface area contributed by atoms with Crippen LogP contribution < -0.4 is 5.32 Å². The molecule has 2 aliphatic rings. The molecule has 0 bridgehead atoms. The second kappa shape index (κ2) is 7.66. The van der Waals surface area contributed by atoms with Crippen LogP contribution in [0.5, 0.6) is 0 Å². The zero-order valence-corrected chi connectivity index (χ0v) is 16.4. The van der Waals surface area contributed by atoms with E-state index in [0.29, 0.717) is 11.6 Å². The van der Waals surface area contributed by atoms with Gasteiger partial charge in [0, 0.05) is 35.1 Å². The van der Waals surface area contributed by atoms with E-state index in [4.69, 9.17) is 4.74 Å². The first-order chi connectivity index (χ1) is 13.5. The Labute approximate surface area is 165 Å². The Bertz CT molecular complexity index is 905. The number of nitrogens with zero attached hydrogens (tertiary/aromatic N) is 1. The van der Waals surface area contributed by atoms with Gasteiger partial charge in [-0.25, -0.2) is 4.79 Å². The quantitative estimate of drug-likeness (QED) is 0.585. The topological polar surface area (TPSA) is 60.3 Å². The number of nitrogens with one attached hydrogen (secondary N) is 1. The molecule has 2 saturated carbocycles. The molecule has 1 N–H and O–H groups in total. The molecule has 1 atom stereocenters. The van der Waals surface area contributed by atoms with Crippen LogP contribution >= 0.6 is 0 Å². The van der Waals surface area contributed by atoms with Gasteiger partial charge in [0.25, 0.3) is 5.91 Å². The van der Waals surface area contributed by atoms with Crippen molar-refractivity contribution in [2.75, 3.05) is 0 Å². The molecule has 1 aromatic heterocycles. The number of hydrogen-bond donors (Lipinski definition) is 1. The molecule has 4 rings (SSSR count). The fraction of sp³-hybridized carbons (Fsp3) is 0.391. The predicted molar refractivity (Wildman–Crippen MR) is 108 cm³/mol. The molecule has 2 fully saturated rings. The third-order valence-electron chi connectivity index (χ3n) is 5.33. The fourth-order valence-electron chi connectivity index (χ4n) is 3.58. The van der Waals surface area contributed by atoms with E-state index in [0.717, 1.165) is 24.1 Å². The Morgan fingerprint density at radius 3 is 2.50 bits per heavy atom. The first-order valence-electron chi connectivity index (χ1n) is 9.95. The molecule has 0 aliphatic heterocycles. The van der Waals surface area contributed by atoms with Crippen molar-refractivity contribution < 1.29 is 14.3 Å². The maximum atomic E-state index is 12.6. The Morgan fingerprint density at radius 1 is 1.14 bits per heavy atom. The number of carbonyl (C=O) groups is 2. The summed E-state index contributed by atoms with van der Waals surface area (Å²) in [6.07, 6.45) is 6.67. The molecule has 0 spiro atoms. The van der Waals surface area contributed by atoms with Gasteiger partial charge >= 0.3 is 5.97 Å². The van der Waals surface area contributed by atoms with E-state index in [1.54, 1.807) is 18.2 Å². The van der Waals surface area contributed by atoms with Gasteiger partial charge in [-0.05, 0) is 57.2 Å². The summed E-state index contributed by atoms with van der Waals surface area (Å²) in [7, 11) is 0. The Kier molecular flexibility index (Phi) is 5.07. The van der Waals surface area contributed by atoms with Crippen LogP contribution in [0.2, 0.25) is 0 Å². The smallest absolute Gasteiger partial charge is 0.331 e. The molecule has 0 saturated heterocycles. The minimum atomic E-state index is -0.933. The lowest BCUT2D eigenvalue weighted by Gasteiger charge is -2.17. The lowest BCUT2D eigenvalue weighted by molar-refractivity contribution is -0.151. The van der Waals surface area contributed by atoms with Crippen LogP contribution in [-0.4, -0.2) is 22.5 Å². The van der Waals surface area contributed by atoms with Crippen molar-refractivity contribution in [1.82, 2.24) is 9.88 Å². The van der Waals surface area contributed by atoms with Gasteiger partial charge in [-0.15, -0.1) is 0 Å². The maximum Gasteiger partial charge on any atom is 0.331 e. The zero-order valence-electron chi connectivity index (χ0n) is 16.4. The minimum Gasteiger partial charge on any atom is -0.444 e. The average molecular weight is 378 g/mol. The third-order valence-corrected chi connectivity index (χ3v) is 5.33. The van der Waals surface area contributed by atoms with Gasteiger partial charge in [0.15, 0.2) is 0 Å². The van der Waals surface area contributed by atoms with Gasteiger partial charge in [-0.2, -0.15) is 0 Å². The molecule has 28 heavy (non-hydrogen) atoms. The number of aryl methyl sites for hydroxylation is 1. The van der Waals surface area contributed by atoms with Gasteiger partial charge in [0.05, 0.1) is 0 Å². The third kappa shape index (κ3) is 4.19. The minimum absolute atomic E-state index is 0.209. The van der Waals surface area contributed by atoms with E-state index < -0.39 is 12.1 Å². The normalized spacial score (nSPS) is 17.5. The van der Waals surface area contributed by atoms with Crippen LogP contribution in [0.15, 0.2) is 42.5 Å². The molecule has 2 aromatic rings. The fourth-order valence-corrected chi connectivity index (χ4v) is 3.58. The predicted octanol–water partition coefficient (Wildman–Crippen LogP) is 4.02. The molecule has 146 valence electrons. The van der Waals surface area contributed by atoms with Crippen LogP contribution in [0, 0.1) is 13.8 Å². The SMILES string of the molecule is Cc1cc(/C=C/C(=O)O[C@@H](C(=O)NC2CC2)c2ccccc2)c(C)n1C1CC1. The van der Waals surface area contributed by atoms with Crippen molar-refractivity contribution in [1.29, 1.82) is 0 Å². The summed E-state index contributed by atoms with van der Waals surface area (Å²) < 4.78 is 7.88. The van der Waals surface area contributed by atoms with E-state index in [1.807, 2.05) is 18.2 Å². The van der Waals surface area contributed by atoms with Crippen LogP contribution in [0.1, 0.15) is 60.3 Å². The van der Waals surface area contributed by atoms with Crippen molar-refractivity contribution in [3.63, 3.8) is 0 Å². The van der Waals surface area contributed by atoms with Crippen LogP contribution in [0.25, 0.3) is 6.08 Å². The van der Waals surface area contributed by atoms with Crippen LogP contribution in [0.4, 0.5) is 0 Å². The van der Waals surface area contributed by atoms with Crippen molar-refractivity contribution >= 4 is 18.0 Å². The summed E-state index contributed by atoms with van der Waals surface area (Å²) in [5.41, 5.74) is 4.06. The number of esters is 1. The van der Waals surface area contributed by atoms with E-state index in [-0.39, 0.29) is 11.9 Å². The van der Waals surface area contributed by atoms with Crippen molar-refractivity contribution in [2.24, 2.45) is 0 Å². The van der Waals surface area contributed by atoms with Gasteiger partial charge in [0.1, 0.15) is 0 Å². The summed E-state index contributed by atoms with van der Waals surface area (Å²) in [5.74, 6) is -0.779. The van der Waals surface area contributed by atoms with Gasteiger partial charge < -0.3 is 14.6 Å². The first-order valence-corrected chi connectivity index (χ1v) is 9.95. The molecule has 0 unspecified atom stereocenters. The highest BCUT2D eigenvalue weighted by Gasteiger charge is 2.30. The highest BCUT2D eigenvalue weighted by atomic mass is 16.5.